The van der Waals surface area contributed by atoms with E-state index in [0.29, 0.717) is 15.4 Å². The SMILES string of the molecule is Cc1ccc(Cl)cc1NC(=O)COC(=O)c1cc[n+]([O-])cc1. The van der Waals surface area contributed by atoms with E-state index < -0.39 is 18.5 Å². The summed E-state index contributed by atoms with van der Waals surface area (Å²) in [5, 5.41) is 14.0. The molecule has 0 fully saturated rings. The van der Waals surface area contributed by atoms with E-state index in [-0.39, 0.29) is 5.56 Å². The molecule has 0 saturated carbocycles. The number of ether oxygens (including phenoxy) is 1. The van der Waals surface area contributed by atoms with Crippen molar-refractivity contribution >= 4 is 29.2 Å². The van der Waals surface area contributed by atoms with E-state index in [1.165, 1.54) is 24.5 Å². The second kappa shape index (κ2) is 6.91. The number of aryl methyl sites for hydroxylation is 1. The summed E-state index contributed by atoms with van der Waals surface area (Å²) in [6.45, 7) is 1.39. The van der Waals surface area contributed by atoms with Crippen molar-refractivity contribution in [2.45, 2.75) is 6.92 Å². The molecule has 6 nitrogen and oxygen atoms in total. The Labute approximate surface area is 131 Å². The fourth-order valence-electron chi connectivity index (χ4n) is 1.68. The van der Waals surface area contributed by atoms with Crippen LogP contribution in [0.1, 0.15) is 15.9 Å². The summed E-state index contributed by atoms with van der Waals surface area (Å²) >= 11 is 5.86. The van der Waals surface area contributed by atoms with Gasteiger partial charge in [0.05, 0.1) is 5.56 Å². The van der Waals surface area contributed by atoms with Gasteiger partial charge in [0.25, 0.3) is 5.91 Å². The van der Waals surface area contributed by atoms with Gasteiger partial charge >= 0.3 is 5.97 Å². The predicted molar refractivity (Wildman–Crippen MR) is 80.5 cm³/mol. The quantitative estimate of drug-likeness (QED) is 0.531. The van der Waals surface area contributed by atoms with E-state index in [1.807, 2.05) is 6.92 Å². The number of anilines is 1. The summed E-state index contributed by atoms with van der Waals surface area (Å²) in [5.74, 6) is -1.16. The van der Waals surface area contributed by atoms with E-state index in [9.17, 15) is 14.8 Å². The summed E-state index contributed by atoms with van der Waals surface area (Å²) in [6.07, 6.45) is 2.35. The van der Waals surface area contributed by atoms with Crippen molar-refractivity contribution in [3.63, 3.8) is 0 Å². The van der Waals surface area contributed by atoms with E-state index in [1.54, 1.807) is 18.2 Å². The molecule has 0 spiro atoms. The number of nitrogens with one attached hydrogen (secondary N) is 1. The highest BCUT2D eigenvalue weighted by Crippen LogP contribution is 2.19. The number of nitrogens with zero attached hydrogens (tertiary/aromatic N) is 1. The van der Waals surface area contributed by atoms with E-state index in [4.69, 9.17) is 16.3 Å². The van der Waals surface area contributed by atoms with Gasteiger partial charge in [-0.3, -0.25) is 4.79 Å². The number of esters is 1. The van der Waals surface area contributed by atoms with Gasteiger partial charge < -0.3 is 15.3 Å². The van der Waals surface area contributed by atoms with Crippen LogP contribution in [0.3, 0.4) is 0 Å². The molecular weight excluding hydrogens is 308 g/mol. The molecule has 1 aromatic heterocycles. The van der Waals surface area contributed by atoms with Crippen LogP contribution in [0.4, 0.5) is 5.69 Å². The number of pyridine rings is 1. The molecule has 1 amide bonds. The number of carbonyl (C=O) groups excluding carboxylic acids is 2. The largest absolute Gasteiger partial charge is 0.619 e. The molecular formula is C15H13ClN2O4. The Bertz CT molecular complexity index is 701. The first-order valence-electron chi connectivity index (χ1n) is 6.37. The second-order valence-electron chi connectivity index (χ2n) is 4.53. The lowest BCUT2D eigenvalue weighted by Crippen LogP contribution is -2.25. The van der Waals surface area contributed by atoms with Crippen LogP contribution < -0.4 is 10.0 Å². The molecule has 0 bridgehead atoms. The van der Waals surface area contributed by atoms with Gasteiger partial charge in [-0.15, -0.1) is 0 Å². The van der Waals surface area contributed by atoms with Gasteiger partial charge in [-0.2, -0.15) is 4.73 Å². The molecule has 0 aliphatic heterocycles. The lowest BCUT2D eigenvalue weighted by Gasteiger charge is -2.09. The number of halogens is 1. The Balaban J connectivity index is 1.91. The highest BCUT2D eigenvalue weighted by atomic mass is 35.5. The Hall–Kier alpha value is -2.60. The summed E-state index contributed by atoms with van der Waals surface area (Å²) in [7, 11) is 0. The van der Waals surface area contributed by atoms with E-state index in [0.717, 1.165) is 5.56 Å². The van der Waals surface area contributed by atoms with E-state index >= 15 is 0 Å². The average Bonchev–Trinajstić information content (AvgIpc) is 2.49. The van der Waals surface area contributed by atoms with Crippen molar-refractivity contribution in [2.75, 3.05) is 11.9 Å². The van der Waals surface area contributed by atoms with Crippen molar-refractivity contribution < 1.29 is 19.1 Å². The molecule has 0 aliphatic rings. The molecule has 0 radical (unpaired) electrons. The molecule has 0 atom stereocenters. The maximum absolute atomic E-state index is 11.8. The number of hydrogen-bond acceptors (Lipinski definition) is 4. The Morgan fingerprint density at radius 3 is 2.64 bits per heavy atom. The van der Waals surface area contributed by atoms with Crippen molar-refractivity contribution in [3.05, 3.63) is 64.1 Å². The minimum Gasteiger partial charge on any atom is -0.619 e. The lowest BCUT2D eigenvalue weighted by molar-refractivity contribution is -0.605. The molecule has 0 aliphatic carbocycles. The van der Waals surface area contributed by atoms with Gasteiger partial charge in [0, 0.05) is 22.8 Å². The molecule has 7 heteroatoms. The first kappa shape index (κ1) is 15.8. The van der Waals surface area contributed by atoms with Crippen LogP contribution in [0.15, 0.2) is 42.7 Å². The fraction of sp³-hybridized carbons (Fsp3) is 0.133. The van der Waals surface area contributed by atoms with Crippen LogP contribution >= 0.6 is 11.6 Å². The summed E-state index contributed by atoms with van der Waals surface area (Å²) < 4.78 is 5.42. The third-order valence-electron chi connectivity index (χ3n) is 2.85. The molecule has 0 unspecified atom stereocenters. The van der Waals surface area contributed by atoms with Crippen LogP contribution in [0.25, 0.3) is 0 Å². The molecule has 1 aromatic carbocycles. The molecule has 2 rings (SSSR count). The van der Waals surface area contributed by atoms with Gasteiger partial charge in [-0.1, -0.05) is 17.7 Å². The van der Waals surface area contributed by atoms with Crippen molar-refractivity contribution in [3.8, 4) is 0 Å². The van der Waals surface area contributed by atoms with Gasteiger partial charge in [0.1, 0.15) is 0 Å². The van der Waals surface area contributed by atoms with Crippen molar-refractivity contribution in [1.29, 1.82) is 0 Å². The first-order valence-corrected chi connectivity index (χ1v) is 6.75. The minimum absolute atomic E-state index is 0.193. The number of rotatable bonds is 4. The molecule has 2 aromatic rings. The van der Waals surface area contributed by atoms with Crippen LogP contribution in [-0.2, 0) is 9.53 Å². The fourth-order valence-corrected chi connectivity index (χ4v) is 1.85. The monoisotopic (exact) mass is 320 g/mol. The zero-order chi connectivity index (χ0) is 16.1. The van der Waals surface area contributed by atoms with Crippen LogP contribution in [-0.4, -0.2) is 18.5 Å². The van der Waals surface area contributed by atoms with Crippen molar-refractivity contribution in [2.24, 2.45) is 0 Å². The molecule has 114 valence electrons. The maximum atomic E-state index is 11.8. The summed E-state index contributed by atoms with van der Waals surface area (Å²) in [4.78, 5) is 23.5. The zero-order valence-electron chi connectivity index (χ0n) is 11.7. The zero-order valence-corrected chi connectivity index (χ0v) is 12.5. The summed E-state index contributed by atoms with van der Waals surface area (Å²) in [5.41, 5.74) is 1.59. The molecule has 22 heavy (non-hydrogen) atoms. The predicted octanol–water partition coefficient (Wildman–Crippen LogP) is 2.08. The Morgan fingerprint density at radius 2 is 1.95 bits per heavy atom. The van der Waals surface area contributed by atoms with Crippen LogP contribution in [0.5, 0.6) is 0 Å². The standard InChI is InChI=1S/C15H13ClN2O4/c1-10-2-3-12(16)8-13(10)17-14(19)9-22-15(20)11-4-6-18(21)7-5-11/h2-8H,9H2,1H3,(H,17,19). The smallest absolute Gasteiger partial charge is 0.339 e. The number of hydrogen-bond donors (Lipinski definition) is 1. The first-order chi connectivity index (χ1) is 10.5. The number of carbonyl (C=O) groups is 2. The van der Waals surface area contributed by atoms with Crippen LogP contribution in [0, 0.1) is 12.1 Å². The Kier molecular flexibility index (Phi) is 4.95. The number of benzene rings is 1. The highest BCUT2D eigenvalue weighted by Gasteiger charge is 2.12. The van der Waals surface area contributed by atoms with Gasteiger partial charge in [0.2, 0.25) is 0 Å². The van der Waals surface area contributed by atoms with Gasteiger partial charge in [-0.05, 0) is 24.6 Å². The molecule has 1 N–H and O–H groups in total. The topological polar surface area (TPSA) is 82.3 Å². The third kappa shape index (κ3) is 4.20. The normalized spacial score (nSPS) is 10.1. The van der Waals surface area contributed by atoms with Gasteiger partial charge in [-0.25, -0.2) is 4.79 Å². The third-order valence-corrected chi connectivity index (χ3v) is 3.08. The van der Waals surface area contributed by atoms with Crippen LogP contribution in [0.2, 0.25) is 5.02 Å². The van der Waals surface area contributed by atoms with E-state index in [2.05, 4.69) is 5.32 Å². The molecule has 1 heterocycles. The maximum Gasteiger partial charge on any atom is 0.339 e. The van der Waals surface area contributed by atoms with Gasteiger partial charge in [0.15, 0.2) is 19.0 Å². The second-order valence-corrected chi connectivity index (χ2v) is 4.97. The lowest BCUT2D eigenvalue weighted by atomic mass is 10.2. The Morgan fingerprint density at radius 1 is 1.27 bits per heavy atom. The van der Waals surface area contributed by atoms with Crippen molar-refractivity contribution in [1.82, 2.24) is 0 Å². The highest BCUT2D eigenvalue weighted by molar-refractivity contribution is 6.31. The minimum atomic E-state index is -0.682. The number of aromatic nitrogens is 1. The number of amides is 1. The molecule has 0 saturated heterocycles. The average molecular weight is 321 g/mol. The summed E-state index contributed by atoms with van der Waals surface area (Å²) in [6, 6.07) is 7.72.